The molecule has 2 saturated heterocycles. The molecule has 1 N–H and O–H groups in total. The zero-order valence-electron chi connectivity index (χ0n) is 20.6. The van der Waals surface area contributed by atoms with Crippen LogP contribution < -0.4 is 5.32 Å². The Hall–Kier alpha value is -2.75. The van der Waals surface area contributed by atoms with Gasteiger partial charge < -0.3 is 15.0 Å². The van der Waals surface area contributed by atoms with E-state index in [0.717, 1.165) is 41.4 Å². The van der Waals surface area contributed by atoms with Gasteiger partial charge >= 0.3 is 6.09 Å². The summed E-state index contributed by atoms with van der Waals surface area (Å²) >= 11 is 1.56. The molecule has 2 atom stereocenters. The highest BCUT2D eigenvalue weighted by atomic mass is 32.1. The maximum Gasteiger partial charge on any atom is 0.410 e. The van der Waals surface area contributed by atoms with E-state index >= 15 is 0 Å². The molecule has 34 heavy (non-hydrogen) atoms. The van der Waals surface area contributed by atoms with E-state index in [2.05, 4.69) is 20.3 Å². The number of carbonyl (C=O) groups excluding carboxylic acids is 2. The van der Waals surface area contributed by atoms with Gasteiger partial charge in [0.05, 0.1) is 11.7 Å². The van der Waals surface area contributed by atoms with Crippen molar-refractivity contribution in [2.45, 2.75) is 84.4 Å². The Kier molecular flexibility index (Phi) is 7.06. The Morgan fingerprint density at radius 1 is 1.09 bits per heavy atom. The van der Waals surface area contributed by atoms with Gasteiger partial charge in [0, 0.05) is 30.2 Å². The third-order valence-electron chi connectivity index (χ3n) is 6.01. The molecule has 0 radical (unpaired) electrons. The summed E-state index contributed by atoms with van der Waals surface area (Å²) in [5.74, 6) is 1.29. The number of likely N-dealkylation sites (tertiary alicyclic amines) is 2. The average molecular weight is 487 g/mol. The van der Waals surface area contributed by atoms with E-state index < -0.39 is 17.7 Å². The monoisotopic (exact) mass is 486 g/mol. The number of anilines is 2. The Morgan fingerprint density at radius 3 is 2.56 bits per heavy atom. The lowest BCUT2D eigenvalue weighted by atomic mass is 10.0. The minimum atomic E-state index is -0.601. The minimum Gasteiger partial charge on any atom is -0.444 e. The van der Waals surface area contributed by atoms with Crippen molar-refractivity contribution in [2.75, 3.05) is 18.4 Å². The molecule has 4 heterocycles. The molecule has 184 valence electrons. The van der Waals surface area contributed by atoms with Gasteiger partial charge in [-0.2, -0.15) is 0 Å². The smallest absolute Gasteiger partial charge is 0.410 e. The van der Waals surface area contributed by atoms with Crippen LogP contribution in [0.3, 0.4) is 0 Å². The van der Waals surface area contributed by atoms with Crippen molar-refractivity contribution in [3.05, 3.63) is 28.7 Å². The van der Waals surface area contributed by atoms with Gasteiger partial charge in [-0.15, -0.1) is 11.3 Å². The first kappa shape index (κ1) is 24.4. The second-order valence-corrected chi connectivity index (χ2v) is 11.2. The van der Waals surface area contributed by atoms with E-state index in [-0.39, 0.29) is 11.9 Å². The number of aromatic nitrogens is 3. The van der Waals surface area contributed by atoms with Gasteiger partial charge in [-0.3, -0.25) is 9.69 Å². The van der Waals surface area contributed by atoms with Crippen LogP contribution in [0.15, 0.2) is 12.3 Å². The third-order valence-corrected chi connectivity index (χ3v) is 6.84. The maximum absolute atomic E-state index is 13.7. The highest BCUT2D eigenvalue weighted by molar-refractivity contribution is 7.15. The van der Waals surface area contributed by atoms with Gasteiger partial charge in [0.25, 0.3) is 0 Å². The first-order valence-corrected chi connectivity index (χ1v) is 12.8. The normalized spacial score (nSPS) is 21.0. The predicted molar refractivity (Wildman–Crippen MR) is 131 cm³/mol. The van der Waals surface area contributed by atoms with E-state index in [4.69, 9.17) is 4.74 Å². The largest absolute Gasteiger partial charge is 0.444 e. The second-order valence-electron chi connectivity index (χ2n) is 10.0. The van der Waals surface area contributed by atoms with E-state index in [1.807, 2.05) is 51.8 Å². The van der Waals surface area contributed by atoms with Crippen LogP contribution in [-0.4, -0.2) is 61.5 Å². The predicted octanol–water partition coefficient (Wildman–Crippen LogP) is 4.75. The van der Waals surface area contributed by atoms with Gasteiger partial charge in [-0.1, -0.05) is 0 Å². The molecule has 0 bridgehead atoms. The molecule has 0 aromatic carbocycles. The molecule has 0 spiro atoms. The molecule has 10 heteroatoms. The minimum absolute atomic E-state index is 0.0191. The quantitative estimate of drug-likeness (QED) is 0.666. The first-order valence-electron chi connectivity index (χ1n) is 12.0. The van der Waals surface area contributed by atoms with Crippen molar-refractivity contribution >= 4 is 34.3 Å². The number of nitrogens with zero attached hydrogens (tertiary/aromatic N) is 5. The summed E-state index contributed by atoms with van der Waals surface area (Å²) in [6.07, 6.45) is 5.58. The molecule has 2 fully saturated rings. The molecule has 4 rings (SSSR count). The number of rotatable bonds is 4. The SMILES string of the molecule is Cc1nc(Nc2ncc(C)s2)cc([C@@H]2CCCN2C(=O)[C@H]2CCCCN2C(=O)OC(C)(C)C)n1. The Bertz CT molecular complexity index is 1050. The summed E-state index contributed by atoms with van der Waals surface area (Å²) in [6.45, 7) is 10.6. The van der Waals surface area contributed by atoms with Crippen LogP contribution in [0.25, 0.3) is 0 Å². The zero-order chi connectivity index (χ0) is 24.5. The number of nitrogens with one attached hydrogen (secondary N) is 1. The standard InChI is InChI=1S/C24H34N6O3S/c1-15-14-25-22(34-15)28-20-13-17(26-16(2)27-20)18-10-8-12-29(18)21(31)19-9-6-7-11-30(19)23(32)33-24(3,4)5/h13-14,18-19H,6-12H2,1-5H3,(H,25,26,27,28)/t18-,19+/m0/s1. The topological polar surface area (TPSA) is 101 Å². The van der Waals surface area contributed by atoms with Crippen LogP contribution in [0, 0.1) is 13.8 Å². The molecule has 9 nitrogen and oxygen atoms in total. The fourth-order valence-electron chi connectivity index (χ4n) is 4.60. The zero-order valence-corrected chi connectivity index (χ0v) is 21.4. The molecule has 2 aromatic heterocycles. The summed E-state index contributed by atoms with van der Waals surface area (Å²) in [5, 5.41) is 4.04. The van der Waals surface area contributed by atoms with Gasteiger partial charge in [-0.05, 0) is 66.7 Å². The maximum atomic E-state index is 13.7. The van der Waals surface area contributed by atoms with Gasteiger partial charge in [-0.25, -0.2) is 19.7 Å². The van der Waals surface area contributed by atoms with Crippen molar-refractivity contribution in [1.82, 2.24) is 24.8 Å². The molecule has 2 aromatic rings. The van der Waals surface area contributed by atoms with Gasteiger partial charge in [0.15, 0.2) is 5.13 Å². The molecular weight excluding hydrogens is 452 g/mol. The molecule has 0 aliphatic carbocycles. The summed E-state index contributed by atoms with van der Waals surface area (Å²) in [6, 6.07) is 1.27. The Morgan fingerprint density at radius 2 is 1.85 bits per heavy atom. The summed E-state index contributed by atoms with van der Waals surface area (Å²) < 4.78 is 5.60. The fourth-order valence-corrected chi connectivity index (χ4v) is 5.28. The average Bonchev–Trinajstić information content (AvgIpc) is 3.41. The molecule has 0 unspecified atom stereocenters. The molecule has 0 saturated carbocycles. The molecule has 2 aliphatic rings. The van der Waals surface area contributed by atoms with Crippen LogP contribution in [0.4, 0.5) is 15.7 Å². The molecule has 2 aliphatic heterocycles. The van der Waals surface area contributed by atoms with E-state index in [1.165, 1.54) is 0 Å². The number of aryl methyl sites for hydroxylation is 2. The van der Waals surface area contributed by atoms with E-state index in [1.54, 1.807) is 16.2 Å². The lowest BCUT2D eigenvalue weighted by Gasteiger charge is -2.38. The van der Waals surface area contributed by atoms with E-state index in [9.17, 15) is 9.59 Å². The third kappa shape index (κ3) is 5.65. The molecular formula is C24H34N6O3S. The Balaban J connectivity index is 1.54. The van der Waals surface area contributed by atoms with Crippen molar-refractivity contribution < 1.29 is 14.3 Å². The van der Waals surface area contributed by atoms with Crippen LogP contribution in [0.1, 0.15) is 75.3 Å². The number of amides is 2. The van der Waals surface area contributed by atoms with Crippen molar-refractivity contribution in [3.63, 3.8) is 0 Å². The highest BCUT2D eigenvalue weighted by Gasteiger charge is 2.41. The summed E-state index contributed by atoms with van der Waals surface area (Å²) in [4.78, 5) is 44.8. The number of piperidine rings is 1. The number of hydrogen-bond acceptors (Lipinski definition) is 8. The lowest BCUT2D eigenvalue weighted by molar-refractivity contribution is -0.139. The number of thiazole rings is 1. The van der Waals surface area contributed by atoms with Gasteiger partial charge in [0.1, 0.15) is 23.3 Å². The number of hydrogen-bond donors (Lipinski definition) is 1. The number of carbonyl (C=O) groups is 2. The number of ether oxygens (including phenoxy) is 1. The van der Waals surface area contributed by atoms with Crippen molar-refractivity contribution in [2.24, 2.45) is 0 Å². The van der Waals surface area contributed by atoms with Gasteiger partial charge in [0.2, 0.25) is 5.91 Å². The van der Waals surface area contributed by atoms with Crippen LogP contribution in [0.5, 0.6) is 0 Å². The van der Waals surface area contributed by atoms with E-state index in [0.29, 0.717) is 31.2 Å². The highest BCUT2D eigenvalue weighted by Crippen LogP contribution is 2.35. The second kappa shape index (κ2) is 9.85. The van der Waals surface area contributed by atoms with Crippen LogP contribution in [-0.2, 0) is 9.53 Å². The van der Waals surface area contributed by atoms with Crippen molar-refractivity contribution in [1.29, 1.82) is 0 Å². The lowest BCUT2D eigenvalue weighted by Crippen LogP contribution is -2.54. The summed E-state index contributed by atoms with van der Waals surface area (Å²) in [7, 11) is 0. The molecule has 2 amide bonds. The first-order chi connectivity index (χ1) is 16.1. The fraction of sp³-hybridized carbons (Fsp3) is 0.625. The summed E-state index contributed by atoms with van der Waals surface area (Å²) in [5.41, 5.74) is 0.213. The van der Waals surface area contributed by atoms with Crippen molar-refractivity contribution in [3.8, 4) is 0 Å². The van der Waals surface area contributed by atoms with Crippen LogP contribution in [0.2, 0.25) is 0 Å². The van der Waals surface area contributed by atoms with Crippen LogP contribution >= 0.6 is 11.3 Å². The Labute approximate surface area is 204 Å².